The predicted octanol–water partition coefficient (Wildman–Crippen LogP) is 3.70. The van der Waals surface area contributed by atoms with Crippen LogP contribution in [-0.2, 0) is 34.4 Å². The molecule has 0 aliphatic heterocycles. The van der Waals surface area contributed by atoms with Gasteiger partial charge in [0.05, 0.1) is 23.8 Å². The van der Waals surface area contributed by atoms with Gasteiger partial charge in [-0.2, -0.15) is 8.42 Å². The Morgan fingerprint density at radius 2 is 1.77 bits per heavy atom. The summed E-state index contributed by atoms with van der Waals surface area (Å²) in [7, 11) is -4.34. The highest BCUT2D eigenvalue weighted by Gasteiger charge is 2.19. The Balaban J connectivity index is 1.74. The maximum absolute atomic E-state index is 13.1. The molecule has 2 aromatic carbocycles. The Morgan fingerprint density at radius 3 is 2.35 bits per heavy atom. The summed E-state index contributed by atoms with van der Waals surface area (Å²) in [4.78, 5) is 17.2. The number of amides is 1. The van der Waals surface area contributed by atoms with Gasteiger partial charge in [0, 0.05) is 5.38 Å². The maximum atomic E-state index is 13.1. The third-order valence-corrected chi connectivity index (χ3v) is 5.98. The Labute approximate surface area is 184 Å². The minimum Gasteiger partial charge on any atom is -0.346 e. The van der Waals surface area contributed by atoms with Crippen LogP contribution in [0, 0.1) is 5.82 Å². The number of hydrogen-bond acceptors (Lipinski definition) is 5. The number of aromatic nitrogens is 1. The van der Waals surface area contributed by atoms with E-state index in [0.717, 1.165) is 22.7 Å². The molecule has 0 saturated heterocycles. The number of benzene rings is 2. The molecular formula is C21H22FN3O4S2. The van der Waals surface area contributed by atoms with Crippen LogP contribution in [-0.4, -0.2) is 23.9 Å². The first-order valence-electron chi connectivity index (χ1n) is 9.54. The SMILES string of the molecule is CCc1csc([C@H](Cc2ccc(NS(=O)(=O)O)cc2)NC(=O)Cc2ccc(F)cc2)n1. The second kappa shape index (κ2) is 9.99. The van der Waals surface area contributed by atoms with Crippen LogP contribution < -0.4 is 10.0 Å². The zero-order valence-electron chi connectivity index (χ0n) is 16.7. The van der Waals surface area contributed by atoms with Crippen LogP contribution in [0.2, 0.25) is 0 Å². The summed E-state index contributed by atoms with van der Waals surface area (Å²) in [6, 6.07) is 11.9. The molecule has 3 rings (SSSR count). The summed E-state index contributed by atoms with van der Waals surface area (Å²) < 4.78 is 45.8. The lowest BCUT2D eigenvalue weighted by Gasteiger charge is -2.17. The number of nitrogens with one attached hydrogen (secondary N) is 2. The van der Waals surface area contributed by atoms with Gasteiger partial charge in [0.1, 0.15) is 10.8 Å². The zero-order valence-corrected chi connectivity index (χ0v) is 18.3. The molecule has 164 valence electrons. The number of hydrogen-bond donors (Lipinski definition) is 3. The van der Waals surface area contributed by atoms with E-state index in [1.165, 1.54) is 35.6 Å². The van der Waals surface area contributed by atoms with Crippen molar-refractivity contribution in [2.75, 3.05) is 4.72 Å². The van der Waals surface area contributed by atoms with Crippen LogP contribution >= 0.6 is 11.3 Å². The molecule has 3 aromatic rings. The van der Waals surface area contributed by atoms with Crippen molar-refractivity contribution in [2.24, 2.45) is 0 Å². The fourth-order valence-corrected chi connectivity index (χ4v) is 4.36. The van der Waals surface area contributed by atoms with Crippen molar-refractivity contribution in [3.8, 4) is 0 Å². The van der Waals surface area contributed by atoms with Crippen LogP contribution in [0.4, 0.5) is 10.1 Å². The van der Waals surface area contributed by atoms with Gasteiger partial charge in [-0.25, -0.2) is 9.37 Å². The number of thiazole rings is 1. The van der Waals surface area contributed by atoms with Crippen LogP contribution in [0.1, 0.15) is 34.8 Å². The largest absolute Gasteiger partial charge is 0.357 e. The van der Waals surface area contributed by atoms with Crippen molar-refractivity contribution in [1.82, 2.24) is 10.3 Å². The Kier molecular flexibility index (Phi) is 7.37. The summed E-state index contributed by atoms with van der Waals surface area (Å²) in [5.74, 6) is -0.571. The lowest BCUT2D eigenvalue weighted by atomic mass is 10.0. The van der Waals surface area contributed by atoms with Crippen LogP contribution in [0.3, 0.4) is 0 Å². The van der Waals surface area contributed by atoms with Crippen molar-refractivity contribution >= 4 is 33.2 Å². The molecule has 0 unspecified atom stereocenters. The molecule has 0 fully saturated rings. The number of nitrogens with zero attached hydrogens (tertiary/aromatic N) is 1. The number of aryl methyl sites for hydroxylation is 1. The van der Waals surface area contributed by atoms with Gasteiger partial charge in [-0.1, -0.05) is 31.2 Å². The molecule has 0 aliphatic carbocycles. The fraction of sp³-hybridized carbons (Fsp3) is 0.238. The molecule has 0 radical (unpaired) electrons. The molecule has 0 saturated carbocycles. The minimum atomic E-state index is -4.34. The molecule has 3 N–H and O–H groups in total. The Morgan fingerprint density at radius 1 is 1.13 bits per heavy atom. The molecule has 1 atom stereocenters. The van der Waals surface area contributed by atoms with Crippen LogP contribution in [0.5, 0.6) is 0 Å². The van der Waals surface area contributed by atoms with E-state index in [4.69, 9.17) is 4.55 Å². The van der Waals surface area contributed by atoms with Gasteiger partial charge in [0.25, 0.3) is 0 Å². The molecule has 1 aromatic heterocycles. The number of halogens is 1. The average Bonchev–Trinajstić information content (AvgIpc) is 3.19. The number of anilines is 1. The summed E-state index contributed by atoms with van der Waals surface area (Å²) >= 11 is 1.46. The van der Waals surface area contributed by atoms with Gasteiger partial charge in [0.2, 0.25) is 5.91 Å². The third kappa shape index (κ3) is 7.12. The van der Waals surface area contributed by atoms with Crippen LogP contribution in [0.25, 0.3) is 0 Å². The first-order chi connectivity index (χ1) is 14.7. The van der Waals surface area contributed by atoms with E-state index >= 15 is 0 Å². The highest BCUT2D eigenvalue weighted by Crippen LogP contribution is 2.24. The molecule has 0 spiro atoms. The highest BCUT2D eigenvalue weighted by atomic mass is 32.2. The lowest BCUT2D eigenvalue weighted by Crippen LogP contribution is -2.31. The smallest absolute Gasteiger partial charge is 0.346 e. The van der Waals surface area contributed by atoms with E-state index in [-0.39, 0.29) is 29.9 Å². The van der Waals surface area contributed by atoms with E-state index in [2.05, 4.69) is 10.3 Å². The highest BCUT2D eigenvalue weighted by molar-refractivity contribution is 7.87. The van der Waals surface area contributed by atoms with Crippen molar-refractivity contribution in [3.63, 3.8) is 0 Å². The topological polar surface area (TPSA) is 108 Å². The second-order valence-corrected chi connectivity index (χ2v) is 8.98. The van der Waals surface area contributed by atoms with E-state index in [9.17, 15) is 17.6 Å². The first-order valence-corrected chi connectivity index (χ1v) is 11.9. The quantitative estimate of drug-likeness (QED) is 0.419. The number of rotatable bonds is 9. The van der Waals surface area contributed by atoms with Crippen molar-refractivity contribution in [2.45, 2.75) is 32.2 Å². The van der Waals surface area contributed by atoms with Crippen molar-refractivity contribution in [3.05, 3.63) is 81.6 Å². The van der Waals surface area contributed by atoms with E-state index in [0.29, 0.717) is 12.0 Å². The lowest BCUT2D eigenvalue weighted by molar-refractivity contribution is -0.121. The van der Waals surface area contributed by atoms with Gasteiger partial charge in [-0.05, 0) is 48.2 Å². The first kappa shape index (κ1) is 22.9. The summed E-state index contributed by atoms with van der Waals surface area (Å²) in [6.45, 7) is 2.00. The van der Waals surface area contributed by atoms with E-state index < -0.39 is 10.3 Å². The molecule has 31 heavy (non-hydrogen) atoms. The Bertz CT molecular complexity index is 1130. The van der Waals surface area contributed by atoms with Crippen molar-refractivity contribution in [1.29, 1.82) is 0 Å². The summed E-state index contributed by atoms with van der Waals surface area (Å²) in [5, 5.41) is 5.72. The van der Waals surface area contributed by atoms with Gasteiger partial charge in [-0.3, -0.25) is 14.1 Å². The molecule has 0 bridgehead atoms. The van der Waals surface area contributed by atoms with Gasteiger partial charge in [0.15, 0.2) is 0 Å². The number of carbonyl (C=O) groups is 1. The standard InChI is InChI=1S/C21H22FN3O4S2/c1-2-17-13-30-21(23-17)19(24-20(26)12-15-3-7-16(22)8-4-15)11-14-5-9-18(10-6-14)25-31(27,28)29/h3-10,13,19,25H,2,11-12H2,1H3,(H,24,26)(H,27,28,29)/t19-/m0/s1. The van der Waals surface area contributed by atoms with Crippen LogP contribution in [0.15, 0.2) is 53.9 Å². The minimum absolute atomic E-state index is 0.111. The zero-order chi connectivity index (χ0) is 22.4. The van der Waals surface area contributed by atoms with Gasteiger partial charge in [-0.15, -0.1) is 11.3 Å². The molecule has 7 nitrogen and oxygen atoms in total. The van der Waals surface area contributed by atoms with E-state index in [1.54, 1.807) is 24.3 Å². The normalized spacial score (nSPS) is 12.4. The third-order valence-electron chi connectivity index (χ3n) is 4.48. The maximum Gasteiger partial charge on any atom is 0.357 e. The van der Waals surface area contributed by atoms with Crippen molar-refractivity contribution < 1.29 is 22.2 Å². The monoisotopic (exact) mass is 463 g/mol. The van der Waals surface area contributed by atoms with E-state index in [1.807, 2.05) is 17.0 Å². The molecule has 1 amide bonds. The second-order valence-electron chi connectivity index (χ2n) is 6.93. The van der Waals surface area contributed by atoms with Gasteiger partial charge >= 0.3 is 10.3 Å². The summed E-state index contributed by atoms with van der Waals surface area (Å²) in [5.41, 5.74) is 2.71. The summed E-state index contributed by atoms with van der Waals surface area (Å²) in [6.07, 6.45) is 1.33. The van der Waals surface area contributed by atoms with Gasteiger partial charge < -0.3 is 5.32 Å². The fourth-order valence-electron chi connectivity index (χ4n) is 2.97. The Hall–Kier alpha value is -2.82. The molecule has 0 aliphatic rings. The number of carbonyl (C=O) groups excluding carboxylic acids is 1. The molecule has 1 heterocycles. The predicted molar refractivity (Wildman–Crippen MR) is 118 cm³/mol. The average molecular weight is 464 g/mol. The molecule has 10 heteroatoms. The molecular weight excluding hydrogens is 441 g/mol.